The monoisotopic (exact) mass is 494 g/mol. The van der Waals surface area contributed by atoms with Crippen LogP contribution < -0.4 is 14.2 Å². The Morgan fingerprint density at radius 1 is 1.03 bits per heavy atom. The van der Waals surface area contributed by atoms with E-state index >= 15 is 0 Å². The lowest BCUT2D eigenvalue weighted by molar-refractivity contribution is 0.0342. The zero-order chi connectivity index (χ0) is 24.8. The lowest BCUT2D eigenvalue weighted by Gasteiger charge is -2.26. The van der Waals surface area contributed by atoms with Gasteiger partial charge in [0.2, 0.25) is 5.75 Å². The van der Waals surface area contributed by atoms with E-state index in [0.29, 0.717) is 34.3 Å². The number of ether oxygens (including phenoxy) is 4. The number of H-pyrrole nitrogens is 1. The number of morpholine rings is 1. The van der Waals surface area contributed by atoms with Crippen LogP contribution in [0.5, 0.6) is 17.2 Å². The molecule has 0 amide bonds. The second kappa shape index (κ2) is 11.4. The van der Waals surface area contributed by atoms with Crippen molar-refractivity contribution in [1.82, 2.24) is 19.7 Å². The van der Waals surface area contributed by atoms with Gasteiger partial charge in [-0.1, -0.05) is 18.1 Å². The minimum Gasteiger partial charge on any atom is -0.492 e. The highest BCUT2D eigenvalue weighted by atomic mass is 32.1. The Hall–Kier alpha value is -3.32. The van der Waals surface area contributed by atoms with Crippen LogP contribution in [0.4, 0.5) is 0 Å². The molecule has 9 heteroatoms. The van der Waals surface area contributed by atoms with E-state index < -0.39 is 0 Å². The van der Waals surface area contributed by atoms with Gasteiger partial charge in [-0.25, -0.2) is 0 Å². The Bertz CT molecular complexity index is 1280. The molecule has 1 fully saturated rings. The Morgan fingerprint density at radius 2 is 1.71 bits per heavy atom. The molecular weight excluding hydrogens is 464 g/mol. The Balaban J connectivity index is 1.77. The second-order valence-electron chi connectivity index (χ2n) is 8.03. The summed E-state index contributed by atoms with van der Waals surface area (Å²) in [5, 5.41) is 7.48. The Kier molecular flexibility index (Phi) is 8.08. The predicted octanol–water partition coefficient (Wildman–Crippen LogP) is 4.02. The topological polar surface area (TPSA) is 73.8 Å². The lowest BCUT2D eigenvalue weighted by Crippen LogP contribution is -2.35. The van der Waals surface area contributed by atoms with Crippen LogP contribution in [0, 0.1) is 16.6 Å². The van der Waals surface area contributed by atoms with E-state index in [-0.39, 0.29) is 0 Å². The highest BCUT2D eigenvalue weighted by Crippen LogP contribution is 2.46. The highest BCUT2D eigenvalue weighted by Gasteiger charge is 2.25. The van der Waals surface area contributed by atoms with Crippen LogP contribution in [-0.4, -0.2) is 67.3 Å². The molecule has 0 aliphatic carbocycles. The van der Waals surface area contributed by atoms with Gasteiger partial charge in [0, 0.05) is 37.3 Å². The zero-order valence-electron chi connectivity index (χ0n) is 20.5. The third-order valence-corrected chi connectivity index (χ3v) is 6.23. The number of nitrogens with one attached hydrogen (secondary N) is 1. The molecular formula is C26H30N4O4S. The molecule has 2 heterocycles. The molecule has 4 rings (SSSR count). The van der Waals surface area contributed by atoms with E-state index in [1.807, 2.05) is 17.6 Å². The fraction of sp³-hybridized carbons (Fsp3) is 0.385. The molecule has 184 valence electrons. The van der Waals surface area contributed by atoms with E-state index in [0.717, 1.165) is 49.7 Å². The number of hydrogen-bond donors (Lipinski definition) is 1. The molecule has 1 aliphatic rings. The van der Waals surface area contributed by atoms with Gasteiger partial charge in [0.05, 0.1) is 40.1 Å². The first-order valence-electron chi connectivity index (χ1n) is 11.4. The SMILES string of the molecule is CC#CCc1cc(-c2n[nH]c(=S)n2-c2ccc(CN3CCOCC3)cc2)c(OC)c(OC)c1OC. The predicted molar refractivity (Wildman–Crippen MR) is 137 cm³/mol. The molecule has 1 N–H and O–H groups in total. The largest absolute Gasteiger partial charge is 0.492 e. The van der Waals surface area contributed by atoms with E-state index in [4.69, 9.17) is 31.2 Å². The van der Waals surface area contributed by atoms with Gasteiger partial charge < -0.3 is 18.9 Å². The summed E-state index contributed by atoms with van der Waals surface area (Å²) in [6, 6.07) is 10.3. The van der Waals surface area contributed by atoms with Crippen molar-refractivity contribution in [3.05, 3.63) is 46.2 Å². The van der Waals surface area contributed by atoms with Crippen molar-refractivity contribution in [2.75, 3.05) is 47.6 Å². The molecule has 0 spiro atoms. The van der Waals surface area contributed by atoms with Gasteiger partial charge in [0.15, 0.2) is 22.1 Å². The standard InChI is InChI=1S/C26H30N4O4S/c1-5-6-7-19-16-21(23(32-3)24(33-4)22(19)31-2)25-27-28-26(35)30(25)20-10-8-18(9-11-20)17-29-12-14-34-15-13-29/h8-11,16H,7,12-15,17H2,1-4H3,(H,28,35). The molecule has 1 aromatic heterocycles. The fourth-order valence-electron chi connectivity index (χ4n) is 4.25. The first kappa shape index (κ1) is 24.8. The third-order valence-electron chi connectivity index (χ3n) is 5.95. The summed E-state index contributed by atoms with van der Waals surface area (Å²) in [6.45, 7) is 6.15. The Morgan fingerprint density at radius 3 is 2.34 bits per heavy atom. The van der Waals surface area contributed by atoms with Gasteiger partial charge in [-0.15, -0.1) is 5.92 Å². The molecule has 0 unspecified atom stereocenters. The van der Waals surface area contributed by atoms with Gasteiger partial charge in [-0.3, -0.25) is 14.6 Å². The molecule has 0 atom stereocenters. The minimum absolute atomic E-state index is 0.479. The summed E-state index contributed by atoms with van der Waals surface area (Å²) in [5.41, 5.74) is 3.73. The van der Waals surface area contributed by atoms with Crippen LogP contribution in [-0.2, 0) is 17.7 Å². The van der Waals surface area contributed by atoms with Gasteiger partial charge >= 0.3 is 0 Å². The smallest absolute Gasteiger partial charge is 0.204 e. The minimum atomic E-state index is 0.479. The summed E-state index contributed by atoms with van der Waals surface area (Å²) in [6.07, 6.45) is 0.494. The maximum atomic E-state index is 5.77. The van der Waals surface area contributed by atoms with Crippen LogP contribution in [0.25, 0.3) is 17.1 Å². The fourth-order valence-corrected chi connectivity index (χ4v) is 4.49. The molecule has 1 saturated heterocycles. The molecule has 0 radical (unpaired) electrons. The number of hydrogen-bond acceptors (Lipinski definition) is 7. The van der Waals surface area contributed by atoms with Crippen LogP contribution in [0.2, 0.25) is 0 Å². The quantitative estimate of drug-likeness (QED) is 0.375. The summed E-state index contributed by atoms with van der Waals surface area (Å²) < 4.78 is 24.9. The zero-order valence-corrected chi connectivity index (χ0v) is 21.3. The van der Waals surface area contributed by atoms with Gasteiger partial charge in [0.25, 0.3) is 0 Å². The molecule has 35 heavy (non-hydrogen) atoms. The highest BCUT2D eigenvalue weighted by molar-refractivity contribution is 7.71. The maximum absolute atomic E-state index is 5.77. The number of methoxy groups -OCH3 is 3. The normalized spacial score (nSPS) is 13.7. The molecule has 0 saturated carbocycles. The summed E-state index contributed by atoms with van der Waals surface area (Å²) >= 11 is 5.61. The van der Waals surface area contributed by atoms with Crippen molar-refractivity contribution in [2.24, 2.45) is 0 Å². The van der Waals surface area contributed by atoms with Crippen LogP contribution in [0.15, 0.2) is 30.3 Å². The van der Waals surface area contributed by atoms with Crippen LogP contribution >= 0.6 is 12.2 Å². The second-order valence-corrected chi connectivity index (χ2v) is 8.42. The van der Waals surface area contributed by atoms with Crippen molar-refractivity contribution >= 4 is 12.2 Å². The number of aromatic nitrogens is 3. The van der Waals surface area contributed by atoms with Gasteiger partial charge in [0.1, 0.15) is 0 Å². The molecule has 0 bridgehead atoms. The van der Waals surface area contributed by atoms with Crippen molar-refractivity contribution in [3.8, 4) is 46.2 Å². The number of nitrogens with zero attached hydrogens (tertiary/aromatic N) is 3. The van der Waals surface area contributed by atoms with Crippen molar-refractivity contribution in [2.45, 2.75) is 19.9 Å². The van der Waals surface area contributed by atoms with Gasteiger partial charge in [-0.2, -0.15) is 5.10 Å². The van der Waals surface area contributed by atoms with E-state index in [2.05, 4.69) is 51.2 Å². The van der Waals surface area contributed by atoms with E-state index in [1.54, 1.807) is 21.3 Å². The summed E-state index contributed by atoms with van der Waals surface area (Å²) in [5.74, 6) is 8.24. The lowest BCUT2D eigenvalue weighted by atomic mass is 10.0. The number of rotatable bonds is 8. The number of benzene rings is 2. The molecule has 8 nitrogen and oxygen atoms in total. The maximum Gasteiger partial charge on any atom is 0.204 e. The summed E-state index contributed by atoms with van der Waals surface area (Å²) in [7, 11) is 4.79. The van der Waals surface area contributed by atoms with Crippen molar-refractivity contribution in [1.29, 1.82) is 0 Å². The van der Waals surface area contributed by atoms with Gasteiger partial charge in [-0.05, 0) is 42.9 Å². The van der Waals surface area contributed by atoms with Crippen LogP contribution in [0.1, 0.15) is 18.1 Å². The molecule has 1 aliphatic heterocycles. The average molecular weight is 495 g/mol. The number of aromatic amines is 1. The first-order chi connectivity index (χ1) is 17.1. The van der Waals surface area contributed by atoms with E-state index in [1.165, 1.54) is 5.56 Å². The van der Waals surface area contributed by atoms with Crippen molar-refractivity contribution < 1.29 is 18.9 Å². The van der Waals surface area contributed by atoms with Crippen molar-refractivity contribution in [3.63, 3.8) is 0 Å². The third kappa shape index (κ3) is 5.20. The Labute approximate surface area is 210 Å². The molecule has 2 aromatic carbocycles. The molecule has 3 aromatic rings. The summed E-state index contributed by atoms with van der Waals surface area (Å²) in [4.78, 5) is 2.39. The average Bonchev–Trinajstić information content (AvgIpc) is 3.28. The van der Waals surface area contributed by atoms with Crippen LogP contribution in [0.3, 0.4) is 0 Å². The first-order valence-corrected chi connectivity index (χ1v) is 11.8. The van der Waals surface area contributed by atoms with E-state index in [9.17, 15) is 0 Å².